The number of amides is 1. The summed E-state index contributed by atoms with van der Waals surface area (Å²) in [5.41, 5.74) is 0.601. The highest BCUT2D eigenvalue weighted by atomic mass is 32.1. The molecule has 3 aromatic heterocycles. The van der Waals surface area contributed by atoms with Crippen molar-refractivity contribution in [3.63, 3.8) is 0 Å². The summed E-state index contributed by atoms with van der Waals surface area (Å²) in [6, 6.07) is 1.79. The number of aryl methyl sites for hydroxylation is 1. The number of thiophene rings is 1. The Morgan fingerprint density at radius 2 is 1.94 bits per heavy atom. The number of hydrogen-bond donors (Lipinski definition) is 5. The number of fused-ring (bicyclic) bond motifs is 1. The van der Waals surface area contributed by atoms with Crippen LogP contribution in [-0.4, -0.2) is 54.8 Å². The summed E-state index contributed by atoms with van der Waals surface area (Å²) in [5, 5.41) is 20.7. The SMILES string of the molecule is CC(=O)CC(c1ccc(C(=O)N[C@@H](CCC(=O)O)C(=O)O)s1)c1c[nH]c2nc(C)[nH]c(=O)c12. The largest absolute Gasteiger partial charge is 0.481 e. The normalized spacial score (nSPS) is 12.9. The number of aromatic amines is 2. The molecule has 0 radical (unpaired) electrons. The Hall–Kier alpha value is -3.80. The number of Topliss-reactive ketones (excluding diaryl/α,β-unsaturated/α-hetero) is 1. The minimum absolute atomic E-state index is 0.0816. The van der Waals surface area contributed by atoms with Gasteiger partial charge < -0.3 is 25.5 Å². The van der Waals surface area contributed by atoms with Gasteiger partial charge in [-0.25, -0.2) is 9.78 Å². The van der Waals surface area contributed by atoms with Crippen molar-refractivity contribution in [2.24, 2.45) is 0 Å². The number of carboxylic acids is 2. The zero-order valence-electron chi connectivity index (χ0n) is 17.8. The number of carbonyl (C=O) groups is 4. The van der Waals surface area contributed by atoms with Gasteiger partial charge in [-0.3, -0.25) is 19.2 Å². The molecule has 2 atom stereocenters. The van der Waals surface area contributed by atoms with E-state index in [0.717, 1.165) is 11.3 Å². The first-order chi connectivity index (χ1) is 15.6. The van der Waals surface area contributed by atoms with Crippen molar-refractivity contribution in [3.05, 3.63) is 49.8 Å². The van der Waals surface area contributed by atoms with E-state index in [0.29, 0.717) is 27.3 Å². The van der Waals surface area contributed by atoms with Crippen molar-refractivity contribution in [1.82, 2.24) is 20.3 Å². The Labute approximate surface area is 190 Å². The van der Waals surface area contributed by atoms with Crippen molar-refractivity contribution >= 4 is 46.0 Å². The molecule has 0 aromatic carbocycles. The number of nitrogens with one attached hydrogen (secondary N) is 3. The van der Waals surface area contributed by atoms with Crippen LogP contribution in [0.4, 0.5) is 0 Å². The van der Waals surface area contributed by atoms with Crippen LogP contribution in [0, 0.1) is 6.92 Å². The average Bonchev–Trinajstić information content (AvgIpc) is 3.36. The predicted octanol–water partition coefficient (Wildman–Crippen LogP) is 1.78. The van der Waals surface area contributed by atoms with Gasteiger partial charge in [0.15, 0.2) is 0 Å². The fourth-order valence-corrected chi connectivity index (χ4v) is 4.55. The molecule has 174 valence electrons. The second-order valence-corrected chi connectivity index (χ2v) is 8.69. The molecule has 12 heteroatoms. The maximum Gasteiger partial charge on any atom is 0.326 e. The minimum Gasteiger partial charge on any atom is -0.481 e. The van der Waals surface area contributed by atoms with Gasteiger partial charge in [-0.15, -0.1) is 11.3 Å². The Balaban J connectivity index is 1.91. The number of hydrogen-bond acceptors (Lipinski definition) is 7. The minimum atomic E-state index is -1.35. The summed E-state index contributed by atoms with van der Waals surface area (Å²) in [6.07, 6.45) is 1.03. The molecule has 0 aliphatic carbocycles. The van der Waals surface area contributed by atoms with Crippen molar-refractivity contribution in [1.29, 1.82) is 0 Å². The number of ketones is 1. The Morgan fingerprint density at radius 3 is 2.58 bits per heavy atom. The highest BCUT2D eigenvalue weighted by Gasteiger charge is 2.26. The van der Waals surface area contributed by atoms with Crippen LogP contribution < -0.4 is 10.9 Å². The van der Waals surface area contributed by atoms with Gasteiger partial charge in [-0.2, -0.15) is 0 Å². The third-order valence-corrected chi connectivity index (χ3v) is 6.20. The topological polar surface area (TPSA) is 182 Å². The molecule has 3 aromatic rings. The van der Waals surface area contributed by atoms with E-state index in [-0.39, 0.29) is 29.1 Å². The van der Waals surface area contributed by atoms with Gasteiger partial charge in [0.25, 0.3) is 11.5 Å². The molecule has 11 nitrogen and oxygen atoms in total. The molecular weight excluding hydrogens is 452 g/mol. The van der Waals surface area contributed by atoms with Crippen molar-refractivity contribution < 1.29 is 29.4 Å². The highest BCUT2D eigenvalue weighted by Crippen LogP contribution is 2.36. The smallest absolute Gasteiger partial charge is 0.326 e. The number of rotatable bonds is 10. The monoisotopic (exact) mass is 474 g/mol. The van der Waals surface area contributed by atoms with Crippen LogP contribution in [0.25, 0.3) is 11.0 Å². The maximum absolute atomic E-state index is 12.6. The van der Waals surface area contributed by atoms with Crippen LogP contribution in [0.2, 0.25) is 0 Å². The van der Waals surface area contributed by atoms with Crippen molar-refractivity contribution in [2.75, 3.05) is 0 Å². The molecule has 0 saturated carbocycles. The molecule has 0 aliphatic rings. The lowest BCUT2D eigenvalue weighted by Gasteiger charge is -2.14. The van der Waals surface area contributed by atoms with Crippen molar-refractivity contribution in [2.45, 2.75) is 45.1 Å². The van der Waals surface area contributed by atoms with Crippen LogP contribution in [0.5, 0.6) is 0 Å². The van der Waals surface area contributed by atoms with Gasteiger partial charge in [-0.05, 0) is 38.0 Å². The highest BCUT2D eigenvalue weighted by molar-refractivity contribution is 7.14. The van der Waals surface area contributed by atoms with E-state index in [4.69, 9.17) is 5.11 Å². The number of carbonyl (C=O) groups excluding carboxylic acids is 2. The molecule has 5 N–H and O–H groups in total. The number of H-pyrrole nitrogens is 2. The average molecular weight is 474 g/mol. The van der Waals surface area contributed by atoms with E-state index < -0.39 is 36.2 Å². The number of aromatic nitrogens is 3. The number of carboxylic acid groups (broad SMARTS) is 2. The van der Waals surface area contributed by atoms with E-state index in [2.05, 4.69) is 20.3 Å². The number of nitrogens with zero attached hydrogens (tertiary/aromatic N) is 1. The summed E-state index contributed by atoms with van der Waals surface area (Å²) in [6.45, 7) is 3.08. The lowest BCUT2D eigenvalue weighted by molar-refractivity contribution is -0.140. The molecule has 0 saturated heterocycles. The fourth-order valence-electron chi connectivity index (χ4n) is 3.52. The Bertz CT molecular complexity index is 1290. The standard InChI is InChI=1S/C21H22N4O7S/c1-9(26)7-11(12-8-22-18-17(12)20(30)24-10(2)23-18)14-4-5-15(33-14)19(29)25-13(21(31)32)3-6-16(27)28/h4-5,8,11,13H,3,6-7H2,1-2H3,(H,25,29)(H,27,28)(H,31,32)(H2,22,23,24,30)/t11?,13-/m0/s1. The summed E-state index contributed by atoms with van der Waals surface area (Å²) >= 11 is 1.06. The molecule has 0 fully saturated rings. The van der Waals surface area contributed by atoms with E-state index in [1.165, 1.54) is 13.0 Å². The molecule has 0 bridgehead atoms. The van der Waals surface area contributed by atoms with E-state index in [1.807, 2.05) is 0 Å². The third-order valence-electron chi connectivity index (χ3n) is 5.00. The van der Waals surface area contributed by atoms with E-state index >= 15 is 0 Å². The van der Waals surface area contributed by atoms with Crippen molar-refractivity contribution in [3.8, 4) is 0 Å². The summed E-state index contributed by atoms with van der Waals surface area (Å²) in [7, 11) is 0. The predicted molar refractivity (Wildman–Crippen MR) is 119 cm³/mol. The van der Waals surface area contributed by atoms with Gasteiger partial charge in [0, 0.05) is 29.8 Å². The zero-order chi connectivity index (χ0) is 24.3. The molecular formula is C21H22N4O7S. The van der Waals surface area contributed by atoms with Gasteiger partial charge in [-0.1, -0.05) is 0 Å². The Kier molecular flexibility index (Phi) is 7.07. The number of aliphatic carboxylic acids is 2. The van der Waals surface area contributed by atoms with Gasteiger partial charge in [0.05, 0.1) is 10.3 Å². The van der Waals surface area contributed by atoms with Crippen LogP contribution in [-0.2, 0) is 14.4 Å². The Morgan fingerprint density at radius 1 is 1.21 bits per heavy atom. The van der Waals surface area contributed by atoms with Gasteiger partial charge >= 0.3 is 11.9 Å². The molecule has 1 amide bonds. The van der Waals surface area contributed by atoms with Crippen LogP contribution in [0.15, 0.2) is 23.1 Å². The molecule has 0 aliphatic heterocycles. The second kappa shape index (κ2) is 9.77. The van der Waals surface area contributed by atoms with Gasteiger partial charge in [0.2, 0.25) is 0 Å². The lowest BCUT2D eigenvalue weighted by Crippen LogP contribution is -2.40. The zero-order valence-corrected chi connectivity index (χ0v) is 18.6. The van der Waals surface area contributed by atoms with Crippen LogP contribution in [0.1, 0.15) is 58.0 Å². The fraction of sp³-hybridized carbons (Fsp3) is 0.333. The first-order valence-electron chi connectivity index (χ1n) is 9.99. The third kappa shape index (κ3) is 5.52. The van der Waals surface area contributed by atoms with Crippen LogP contribution >= 0.6 is 11.3 Å². The van der Waals surface area contributed by atoms with E-state index in [1.54, 1.807) is 19.2 Å². The molecule has 0 spiro atoms. The molecule has 3 rings (SSSR count). The first-order valence-corrected chi connectivity index (χ1v) is 10.8. The van der Waals surface area contributed by atoms with Gasteiger partial charge in [0.1, 0.15) is 23.3 Å². The van der Waals surface area contributed by atoms with E-state index in [9.17, 15) is 29.1 Å². The maximum atomic E-state index is 12.6. The quantitative estimate of drug-likeness (QED) is 0.294. The summed E-state index contributed by atoms with van der Waals surface area (Å²) in [4.78, 5) is 69.9. The van der Waals surface area contributed by atoms with Crippen LogP contribution in [0.3, 0.4) is 0 Å². The first kappa shape index (κ1) is 23.9. The molecule has 33 heavy (non-hydrogen) atoms. The second-order valence-electron chi connectivity index (χ2n) is 7.58. The molecule has 3 heterocycles. The molecule has 1 unspecified atom stereocenters. The lowest BCUT2D eigenvalue weighted by atomic mass is 9.93. The summed E-state index contributed by atoms with van der Waals surface area (Å²) in [5.74, 6) is -3.37. The summed E-state index contributed by atoms with van der Waals surface area (Å²) < 4.78 is 0.